The molecule has 0 spiro atoms. The van der Waals surface area contributed by atoms with E-state index in [0.29, 0.717) is 43.1 Å². The Balaban J connectivity index is 1.32. The summed E-state index contributed by atoms with van der Waals surface area (Å²) in [7, 11) is 3.09. The van der Waals surface area contributed by atoms with Gasteiger partial charge in [-0.05, 0) is 37.1 Å². The summed E-state index contributed by atoms with van der Waals surface area (Å²) in [5, 5.41) is 14.5. The van der Waals surface area contributed by atoms with Crippen molar-refractivity contribution < 1.29 is 23.5 Å². The van der Waals surface area contributed by atoms with Crippen LogP contribution >= 0.6 is 11.3 Å². The van der Waals surface area contributed by atoms with Crippen LogP contribution in [0.3, 0.4) is 0 Å². The standard InChI is InChI=1S/C23H24FN5O4S/c1-32-18-8-7-15(13-19(18)33-2)25-23(31)29-11-9-14(10-12-29)21-27-28-22(34-21)20(30)26-17-6-4-3-5-16(17)24/h3-8,13-14H,9-12H2,1-2H3,(H,25,31)(H,26,30). The third-order valence-corrected chi connectivity index (χ3v) is 6.61. The minimum atomic E-state index is -0.515. The van der Waals surface area contributed by atoms with Crippen molar-refractivity contribution in [2.45, 2.75) is 18.8 Å². The number of aromatic nitrogens is 2. The van der Waals surface area contributed by atoms with Crippen molar-refractivity contribution in [2.24, 2.45) is 0 Å². The van der Waals surface area contributed by atoms with Crippen LogP contribution < -0.4 is 20.1 Å². The first-order valence-electron chi connectivity index (χ1n) is 10.7. The number of rotatable bonds is 6. The SMILES string of the molecule is COc1ccc(NC(=O)N2CCC(c3nnc(C(=O)Nc4ccccc4F)s3)CC2)cc1OC. The van der Waals surface area contributed by atoms with E-state index in [1.54, 1.807) is 42.3 Å². The van der Waals surface area contributed by atoms with E-state index in [2.05, 4.69) is 20.8 Å². The molecule has 4 rings (SSSR count). The number of urea groups is 1. The zero-order chi connectivity index (χ0) is 24.1. The van der Waals surface area contributed by atoms with Crippen molar-refractivity contribution in [3.05, 3.63) is 58.3 Å². The second kappa shape index (κ2) is 10.5. The minimum absolute atomic E-state index is 0.0950. The Morgan fingerprint density at radius 3 is 2.47 bits per heavy atom. The number of carbonyl (C=O) groups is 2. The fraction of sp³-hybridized carbons (Fsp3) is 0.304. The van der Waals surface area contributed by atoms with Gasteiger partial charge in [-0.15, -0.1) is 10.2 Å². The molecule has 1 saturated heterocycles. The number of ether oxygens (including phenoxy) is 2. The molecule has 2 N–H and O–H groups in total. The van der Waals surface area contributed by atoms with E-state index in [9.17, 15) is 14.0 Å². The monoisotopic (exact) mass is 485 g/mol. The lowest BCUT2D eigenvalue weighted by molar-refractivity contribution is 0.102. The number of benzene rings is 2. The lowest BCUT2D eigenvalue weighted by Crippen LogP contribution is -2.40. The highest BCUT2D eigenvalue weighted by atomic mass is 32.1. The maximum absolute atomic E-state index is 13.8. The lowest BCUT2D eigenvalue weighted by atomic mass is 9.98. The number of likely N-dealkylation sites (tertiary alicyclic amines) is 1. The highest BCUT2D eigenvalue weighted by molar-refractivity contribution is 7.13. The van der Waals surface area contributed by atoms with Crippen LogP contribution in [0.4, 0.5) is 20.6 Å². The number of para-hydroxylation sites is 1. The number of hydrogen-bond donors (Lipinski definition) is 2. The zero-order valence-corrected chi connectivity index (χ0v) is 19.5. The molecule has 34 heavy (non-hydrogen) atoms. The van der Waals surface area contributed by atoms with Gasteiger partial charge in [-0.3, -0.25) is 4.79 Å². The van der Waals surface area contributed by atoms with E-state index >= 15 is 0 Å². The molecule has 2 aromatic carbocycles. The number of piperidine rings is 1. The predicted molar refractivity (Wildman–Crippen MR) is 126 cm³/mol. The summed E-state index contributed by atoms with van der Waals surface area (Å²) in [6.45, 7) is 1.08. The number of hydrogen-bond acceptors (Lipinski definition) is 7. The topological polar surface area (TPSA) is 106 Å². The summed E-state index contributed by atoms with van der Waals surface area (Å²) in [6, 6.07) is 10.9. The molecule has 0 saturated carbocycles. The van der Waals surface area contributed by atoms with Crippen LogP contribution in [0.2, 0.25) is 0 Å². The summed E-state index contributed by atoms with van der Waals surface area (Å²) in [5.74, 6) is 0.197. The zero-order valence-electron chi connectivity index (χ0n) is 18.7. The first-order valence-corrected chi connectivity index (χ1v) is 11.5. The number of nitrogens with one attached hydrogen (secondary N) is 2. The van der Waals surface area contributed by atoms with Gasteiger partial charge in [0.2, 0.25) is 5.01 Å². The number of methoxy groups -OCH3 is 2. The Morgan fingerprint density at radius 2 is 1.76 bits per heavy atom. The van der Waals surface area contributed by atoms with Gasteiger partial charge >= 0.3 is 6.03 Å². The number of amides is 3. The Hall–Kier alpha value is -3.73. The second-order valence-corrected chi connectivity index (χ2v) is 8.65. The molecule has 1 aliphatic heterocycles. The molecule has 3 amide bonds. The van der Waals surface area contributed by atoms with Crippen LogP contribution in [0.15, 0.2) is 42.5 Å². The van der Waals surface area contributed by atoms with Crippen molar-refractivity contribution in [3.8, 4) is 11.5 Å². The maximum Gasteiger partial charge on any atom is 0.321 e. The molecule has 2 heterocycles. The van der Waals surface area contributed by atoms with Crippen LogP contribution in [0, 0.1) is 5.82 Å². The first kappa shape index (κ1) is 23.4. The number of nitrogens with zero attached hydrogens (tertiary/aromatic N) is 3. The van der Waals surface area contributed by atoms with Crippen molar-refractivity contribution in [3.63, 3.8) is 0 Å². The van der Waals surface area contributed by atoms with E-state index in [0.717, 1.165) is 5.01 Å². The molecule has 1 aromatic heterocycles. The number of halogens is 1. The maximum atomic E-state index is 13.8. The van der Waals surface area contributed by atoms with Crippen LogP contribution in [-0.4, -0.2) is 54.3 Å². The minimum Gasteiger partial charge on any atom is -0.493 e. The van der Waals surface area contributed by atoms with Gasteiger partial charge in [-0.1, -0.05) is 23.5 Å². The molecule has 0 radical (unpaired) electrons. The van der Waals surface area contributed by atoms with Gasteiger partial charge in [0.15, 0.2) is 11.5 Å². The van der Waals surface area contributed by atoms with Crippen LogP contribution in [0.1, 0.15) is 33.6 Å². The summed E-state index contributed by atoms with van der Waals surface area (Å²) in [5.41, 5.74) is 0.706. The van der Waals surface area contributed by atoms with Gasteiger partial charge in [0.1, 0.15) is 10.8 Å². The lowest BCUT2D eigenvalue weighted by Gasteiger charge is -2.31. The molecule has 1 fully saturated rings. The highest BCUT2D eigenvalue weighted by Crippen LogP contribution is 2.32. The predicted octanol–water partition coefficient (Wildman–Crippen LogP) is 4.36. The molecule has 3 aromatic rings. The Labute approximate surface area is 199 Å². The van der Waals surface area contributed by atoms with Gasteiger partial charge in [0, 0.05) is 30.8 Å². The summed E-state index contributed by atoms with van der Waals surface area (Å²) < 4.78 is 24.3. The molecule has 11 heteroatoms. The van der Waals surface area contributed by atoms with E-state index in [1.807, 2.05) is 0 Å². The van der Waals surface area contributed by atoms with Crippen LogP contribution in [-0.2, 0) is 0 Å². The van der Waals surface area contributed by atoms with Crippen molar-refractivity contribution in [1.29, 1.82) is 0 Å². The molecular formula is C23H24FN5O4S. The molecule has 0 atom stereocenters. The van der Waals surface area contributed by atoms with Crippen molar-refractivity contribution in [2.75, 3.05) is 37.9 Å². The Morgan fingerprint density at radius 1 is 1.03 bits per heavy atom. The Bertz CT molecular complexity index is 1180. The van der Waals surface area contributed by atoms with Gasteiger partial charge in [0.05, 0.1) is 19.9 Å². The molecule has 0 aliphatic carbocycles. The summed E-state index contributed by atoms with van der Waals surface area (Å²) in [4.78, 5) is 26.8. The van der Waals surface area contributed by atoms with E-state index in [1.165, 1.54) is 30.6 Å². The molecule has 9 nitrogen and oxygen atoms in total. The third-order valence-electron chi connectivity index (χ3n) is 5.52. The highest BCUT2D eigenvalue weighted by Gasteiger charge is 2.27. The molecule has 178 valence electrons. The van der Waals surface area contributed by atoms with Crippen LogP contribution in [0.5, 0.6) is 11.5 Å². The largest absolute Gasteiger partial charge is 0.493 e. The second-order valence-electron chi connectivity index (χ2n) is 7.64. The molecule has 0 unspecified atom stereocenters. The molecular weight excluding hydrogens is 461 g/mol. The first-order chi connectivity index (χ1) is 16.5. The quantitative estimate of drug-likeness (QED) is 0.538. The molecule has 1 aliphatic rings. The smallest absolute Gasteiger partial charge is 0.321 e. The Kier molecular flexibility index (Phi) is 7.21. The van der Waals surface area contributed by atoms with E-state index in [-0.39, 0.29) is 22.6 Å². The van der Waals surface area contributed by atoms with E-state index < -0.39 is 11.7 Å². The fourth-order valence-corrected chi connectivity index (χ4v) is 4.58. The molecule has 0 bridgehead atoms. The average molecular weight is 486 g/mol. The van der Waals surface area contributed by atoms with Gasteiger partial charge in [-0.25, -0.2) is 9.18 Å². The van der Waals surface area contributed by atoms with Gasteiger partial charge in [0.25, 0.3) is 5.91 Å². The van der Waals surface area contributed by atoms with Gasteiger partial charge in [-0.2, -0.15) is 0 Å². The van der Waals surface area contributed by atoms with Gasteiger partial charge < -0.3 is 25.0 Å². The summed E-state index contributed by atoms with van der Waals surface area (Å²) in [6.07, 6.45) is 1.39. The third kappa shape index (κ3) is 5.25. The normalized spacial score (nSPS) is 13.9. The van der Waals surface area contributed by atoms with Crippen LogP contribution in [0.25, 0.3) is 0 Å². The van der Waals surface area contributed by atoms with Crippen molar-refractivity contribution in [1.82, 2.24) is 15.1 Å². The average Bonchev–Trinajstić information content (AvgIpc) is 3.36. The number of carbonyl (C=O) groups excluding carboxylic acids is 2. The van der Waals surface area contributed by atoms with E-state index in [4.69, 9.17) is 9.47 Å². The summed E-state index contributed by atoms with van der Waals surface area (Å²) >= 11 is 1.19. The van der Waals surface area contributed by atoms with Crippen molar-refractivity contribution >= 4 is 34.6 Å². The number of anilines is 2. The fourth-order valence-electron chi connectivity index (χ4n) is 3.68.